The first-order valence-corrected chi connectivity index (χ1v) is 1.56. The SMILES string of the molecule is NN1C=NCO1. The molecular formula is C2H5N3O. The molecule has 4 heteroatoms. The molecule has 1 rings (SSSR count). The highest BCUT2D eigenvalue weighted by molar-refractivity contribution is 5.53. The van der Waals surface area contributed by atoms with E-state index in [0.717, 1.165) is 5.17 Å². The summed E-state index contributed by atoms with van der Waals surface area (Å²) in [7, 11) is 0. The Balaban J connectivity index is 2.38. The molecule has 34 valence electrons. The highest BCUT2D eigenvalue weighted by atomic mass is 16.7. The van der Waals surface area contributed by atoms with E-state index < -0.39 is 0 Å². The summed E-state index contributed by atoms with van der Waals surface area (Å²) in [5.74, 6) is 5.00. The molecule has 0 bridgehead atoms. The predicted molar refractivity (Wildman–Crippen MR) is 20.5 cm³/mol. The van der Waals surface area contributed by atoms with Gasteiger partial charge in [0.2, 0.25) is 0 Å². The van der Waals surface area contributed by atoms with Gasteiger partial charge in [0.1, 0.15) is 6.34 Å². The number of hydroxylamine groups is 1. The van der Waals surface area contributed by atoms with Crippen molar-refractivity contribution in [3.63, 3.8) is 0 Å². The zero-order valence-corrected chi connectivity index (χ0v) is 3.16. The maximum atomic E-state index is 5.00. The molecule has 6 heavy (non-hydrogen) atoms. The van der Waals surface area contributed by atoms with Crippen molar-refractivity contribution >= 4 is 6.34 Å². The highest BCUT2D eigenvalue weighted by Gasteiger charge is 1.94. The molecule has 0 saturated carbocycles. The molecule has 0 unspecified atom stereocenters. The minimum absolute atomic E-state index is 0.358. The van der Waals surface area contributed by atoms with Crippen molar-refractivity contribution in [2.75, 3.05) is 6.73 Å². The van der Waals surface area contributed by atoms with Gasteiger partial charge in [-0.2, -0.15) is 5.17 Å². The van der Waals surface area contributed by atoms with Crippen molar-refractivity contribution in [1.29, 1.82) is 0 Å². The van der Waals surface area contributed by atoms with E-state index in [1.807, 2.05) is 0 Å². The van der Waals surface area contributed by atoms with Crippen molar-refractivity contribution in [3.05, 3.63) is 0 Å². The maximum Gasteiger partial charge on any atom is 0.168 e. The molecule has 1 aliphatic rings. The quantitative estimate of drug-likeness (QED) is 0.389. The van der Waals surface area contributed by atoms with Gasteiger partial charge in [0.25, 0.3) is 0 Å². The van der Waals surface area contributed by atoms with Crippen LogP contribution in [0.5, 0.6) is 0 Å². The summed E-state index contributed by atoms with van der Waals surface area (Å²) in [6.07, 6.45) is 1.42. The van der Waals surface area contributed by atoms with Gasteiger partial charge in [-0.05, 0) is 0 Å². The monoisotopic (exact) mass is 87.0 g/mol. The topological polar surface area (TPSA) is 50.8 Å². The van der Waals surface area contributed by atoms with Crippen molar-refractivity contribution in [3.8, 4) is 0 Å². The van der Waals surface area contributed by atoms with Crippen LogP contribution in [0.15, 0.2) is 4.99 Å². The summed E-state index contributed by atoms with van der Waals surface area (Å²) in [5, 5.41) is 1.07. The molecule has 0 aromatic carbocycles. The van der Waals surface area contributed by atoms with Crippen molar-refractivity contribution in [1.82, 2.24) is 5.17 Å². The van der Waals surface area contributed by atoms with Crippen LogP contribution in [0.1, 0.15) is 0 Å². The van der Waals surface area contributed by atoms with Crippen LogP contribution >= 0.6 is 0 Å². The Morgan fingerprint density at radius 2 is 2.83 bits per heavy atom. The van der Waals surface area contributed by atoms with Crippen LogP contribution in [-0.2, 0) is 4.84 Å². The summed E-state index contributed by atoms with van der Waals surface area (Å²) in [4.78, 5) is 8.16. The summed E-state index contributed by atoms with van der Waals surface area (Å²) in [5.41, 5.74) is 0. The van der Waals surface area contributed by atoms with Gasteiger partial charge >= 0.3 is 0 Å². The van der Waals surface area contributed by atoms with Crippen LogP contribution in [0.4, 0.5) is 0 Å². The van der Waals surface area contributed by atoms with E-state index in [9.17, 15) is 0 Å². The summed E-state index contributed by atoms with van der Waals surface area (Å²) in [6.45, 7) is 0.358. The average molecular weight is 87.1 g/mol. The number of hydrogen-bond donors (Lipinski definition) is 1. The predicted octanol–water partition coefficient (Wildman–Crippen LogP) is -0.907. The number of nitrogens with zero attached hydrogens (tertiary/aromatic N) is 2. The van der Waals surface area contributed by atoms with Crippen molar-refractivity contribution in [2.24, 2.45) is 10.8 Å². The van der Waals surface area contributed by atoms with E-state index in [1.165, 1.54) is 6.34 Å². The normalized spacial score (nSPS) is 19.8. The zero-order chi connectivity index (χ0) is 4.41. The zero-order valence-electron chi connectivity index (χ0n) is 3.16. The molecule has 0 radical (unpaired) electrons. The van der Waals surface area contributed by atoms with E-state index in [1.54, 1.807) is 0 Å². The molecule has 1 aliphatic heterocycles. The fraction of sp³-hybridized carbons (Fsp3) is 0.500. The molecule has 2 N–H and O–H groups in total. The molecule has 0 aliphatic carbocycles. The summed E-state index contributed by atoms with van der Waals surface area (Å²) >= 11 is 0. The lowest BCUT2D eigenvalue weighted by atomic mass is 11.2. The third-order valence-corrected chi connectivity index (χ3v) is 0.477. The van der Waals surface area contributed by atoms with Gasteiger partial charge in [-0.1, -0.05) is 0 Å². The molecule has 0 amide bonds. The first-order chi connectivity index (χ1) is 2.89. The first kappa shape index (κ1) is 3.58. The number of hydrogen-bond acceptors (Lipinski definition) is 4. The molecule has 0 atom stereocenters. The van der Waals surface area contributed by atoms with Gasteiger partial charge in [-0.25, -0.2) is 15.7 Å². The van der Waals surface area contributed by atoms with Gasteiger partial charge < -0.3 is 0 Å². The van der Waals surface area contributed by atoms with Crippen molar-refractivity contribution < 1.29 is 4.84 Å². The molecule has 4 nitrogen and oxygen atoms in total. The second-order valence-corrected chi connectivity index (χ2v) is 0.916. The van der Waals surface area contributed by atoms with Crippen LogP contribution in [0.3, 0.4) is 0 Å². The molecule has 0 spiro atoms. The van der Waals surface area contributed by atoms with Crippen LogP contribution in [0.2, 0.25) is 0 Å². The van der Waals surface area contributed by atoms with Crippen molar-refractivity contribution in [2.45, 2.75) is 0 Å². The summed E-state index contributed by atoms with van der Waals surface area (Å²) in [6, 6.07) is 0. The lowest BCUT2D eigenvalue weighted by Crippen LogP contribution is -2.24. The van der Waals surface area contributed by atoms with E-state index >= 15 is 0 Å². The second-order valence-electron chi connectivity index (χ2n) is 0.916. The van der Waals surface area contributed by atoms with Gasteiger partial charge in [-0.15, -0.1) is 0 Å². The first-order valence-electron chi connectivity index (χ1n) is 1.56. The Labute approximate surface area is 35.1 Å². The minimum Gasteiger partial charge on any atom is -0.241 e. The van der Waals surface area contributed by atoms with Gasteiger partial charge in [0.05, 0.1) is 0 Å². The molecule has 1 heterocycles. The van der Waals surface area contributed by atoms with Gasteiger partial charge in [-0.3, -0.25) is 0 Å². The standard InChI is InChI=1S/C2H5N3O/c3-5-1-4-2-6-5/h1H,2-3H2. The fourth-order valence-electron chi connectivity index (χ4n) is 0.247. The Kier molecular flexibility index (Phi) is 0.736. The van der Waals surface area contributed by atoms with Crippen LogP contribution in [0, 0.1) is 0 Å². The molecular weight excluding hydrogens is 82.0 g/mol. The van der Waals surface area contributed by atoms with E-state index in [0.29, 0.717) is 6.73 Å². The van der Waals surface area contributed by atoms with Gasteiger partial charge in [0, 0.05) is 0 Å². The molecule has 0 aromatic rings. The number of rotatable bonds is 0. The number of aliphatic imine (C=N–C) groups is 1. The minimum atomic E-state index is 0.358. The summed E-state index contributed by atoms with van der Waals surface area (Å²) < 4.78 is 0. The maximum absolute atomic E-state index is 5.00. The van der Waals surface area contributed by atoms with E-state index in [2.05, 4.69) is 9.83 Å². The van der Waals surface area contributed by atoms with Crippen LogP contribution in [-0.4, -0.2) is 18.2 Å². The Morgan fingerprint density at radius 1 is 2.00 bits per heavy atom. The van der Waals surface area contributed by atoms with Crippen LogP contribution < -0.4 is 5.84 Å². The smallest absolute Gasteiger partial charge is 0.168 e. The Hall–Kier alpha value is -0.610. The van der Waals surface area contributed by atoms with E-state index in [-0.39, 0.29) is 0 Å². The number of nitrogens with two attached hydrogens (primary N) is 1. The lowest BCUT2D eigenvalue weighted by molar-refractivity contribution is -0.0737. The fourth-order valence-corrected chi connectivity index (χ4v) is 0.247. The largest absolute Gasteiger partial charge is 0.241 e. The molecule has 0 aromatic heterocycles. The Morgan fingerprint density at radius 3 is 3.00 bits per heavy atom. The van der Waals surface area contributed by atoms with Gasteiger partial charge in [0.15, 0.2) is 6.73 Å². The third-order valence-electron chi connectivity index (χ3n) is 0.477. The highest BCUT2D eigenvalue weighted by Crippen LogP contribution is 1.84. The lowest BCUT2D eigenvalue weighted by Gasteiger charge is -1.99. The third kappa shape index (κ3) is 0.474. The average Bonchev–Trinajstić information content (AvgIpc) is 1.86. The number of hydrazine groups is 1. The van der Waals surface area contributed by atoms with E-state index in [4.69, 9.17) is 5.84 Å². The molecule has 0 fully saturated rings. The Bertz CT molecular complexity index is 71.2. The second kappa shape index (κ2) is 1.24. The van der Waals surface area contributed by atoms with Crippen LogP contribution in [0.25, 0.3) is 0 Å². The molecule has 0 saturated heterocycles.